The standard InChI is InChI=1S/C27H22ClN3O2S/c28-22-9-5-4-8-20(22)24-13-11-18(33-24)16-30-15-17-10-12-21-23(14-17)31-25(27(29)32)26(21)34-19-6-2-1-3-7-19/h1-14,30-31H,15-16H2,(H2,29,32). The Balaban J connectivity index is 1.30. The first-order valence-electron chi connectivity index (χ1n) is 10.8. The highest BCUT2D eigenvalue weighted by Crippen LogP contribution is 2.37. The molecule has 2 aromatic heterocycles. The third-order valence-corrected chi connectivity index (χ3v) is 6.92. The number of hydrogen-bond donors (Lipinski definition) is 3. The number of aromatic amines is 1. The van der Waals surface area contributed by atoms with Crippen molar-refractivity contribution in [3.63, 3.8) is 0 Å². The third kappa shape index (κ3) is 4.75. The van der Waals surface area contributed by atoms with Gasteiger partial charge in [0, 0.05) is 27.9 Å². The van der Waals surface area contributed by atoms with Crippen molar-refractivity contribution in [2.75, 3.05) is 0 Å². The van der Waals surface area contributed by atoms with Crippen molar-refractivity contribution in [2.45, 2.75) is 22.9 Å². The summed E-state index contributed by atoms with van der Waals surface area (Å²) in [4.78, 5) is 17.2. The monoisotopic (exact) mass is 487 g/mol. The summed E-state index contributed by atoms with van der Waals surface area (Å²) in [5.41, 5.74) is 8.92. The van der Waals surface area contributed by atoms with Crippen LogP contribution in [0.1, 0.15) is 21.8 Å². The Bertz CT molecular complexity index is 1460. The van der Waals surface area contributed by atoms with Crippen LogP contribution in [0.15, 0.2) is 99.1 Å². The van der Waals surface area contributed by atoms with Gasteiger partial charge in [-0.3, -0.25) is 4.79 Å². The number of furan rings is 1. The maximum absolute atomic E-state index is 12.1. The van der Waals surface area contributed by atoms with Gasteiger partial charge in [-0.15, -0.1) is 0 Å². The minimum absolute atomic E-state index is 0.427. The summed E-state index contributed by atoms with van der Waals surface area (Å²) < 4.78 is 5.95. The molecule has 4 N–H and O–H groups in total. The molecule has 0 unspecified atom stereocenters. The Labute approximate surface area is 206 Å². The molecule has 3 aromatic carbocycles. The van der Waals surface area contributed by atoms with Gasteiger partial charge in [-0.1, -0.05) is 65.8 Å². The van der Waals surface area contributed by atoms with Crippen molar-refractivity contribution in [2.24, 2.45) is 5.73 Å². The average molecular weight is 488 g/mol. The molecule has 5 nitrogen and oxygen atoms in total. The summed E-state index contributed by atoms with van der Waals surface area (Å²) in [7, 11) is 0. The van der Waals surface area contributed by atoms with Crippen LogP contribution >= 0.6 is 23.4 Å². The number of halogens is 1. The van der Waals surface area contributed by atoms with Gasteiger partial charge in [0.25, 0.3) is 5.91 Å². The quantitative estimate of drug-likeness (QED) is 0.229. The van der Waals surface area contributed by atoms with E-state index < -0.39 is 5.91 Å². The minimum Gasteiger partial charge on any atom is -0.460 e. The van der Waals surface area contributed by atoms with Gasteiger partial charge in [0.1, 0.15) is 17.2 Å². The van der Waals surface area contributed by atoms with E-state index in [0.717, 1.165) is 43.3 Å². The van der Waals surface area contributed by atoms with Crippen molar-refractivity contribution in [1.29, 1.82) is 0 Å². The highest BCUT2D eigenvalue weighted by molar-refractivity contribution is 7.99. The Kier molecular flexibility index (Phi) is 6.45. The van der Waals surface area contributed by atoms with Crippen molar-refractivity contribution < 1.29 is 9.21 Å². The molecule has 7 heteroatoms. The summed E-state index contributed by atoms with van der Waals surface area (Å²) in [6, 6.07) is 27.6. The Morgan fingerprint density at radius 3 is 2.56 bits per heavy atom. The number of fused-ring (bicyclic) bond motifs is 1. The largest absolute Gasteiger partial charge is 0.460 e. The van der Waals surface area contributed by atoms with Crippen molar-refractivity contribution in [3.05, 3.63) is 107 Å². The van der Waals surface area contributed by atoms with Crippen LogP contribution in [0, 0.1) is 0 Å². The number of primary amides is 1. The van der Waals surface area contributed by atoms with Crippen molar-refractivity contribution >= 4 is 40.2 Å². The molecule has 0 saturated carbocycles. The van der Waals surface area contributed by atoms with Gasteiger partial charge in [-0.2, -0.15) is 0 Å². The molecule has 34 heavy (non-hydrogen) atoms. The lowest BCUT2D eigenvalue weighted by atomic mass is 10.1. The number of amides is 1. The molecule has 0 spiro atoms. The van der Waals surface area contributed by atoms with Gasteiger partial charge in [-0.05, 0) is 48.0 Å². The smallest absolute Gasteiger partial charge is 0.266 e. The fourth-order valence-electron chi connectivity index (χ4n) is 3.82. The van der Waals surface area contributed by atoms with Crippen molar-refractivity contribution in [1.82, 2.24) is 10.3 Å². The molecule has 1 amide bonds. The van der Waals surface area contributed by atoms with Crippen LogP contribution in [-0.2, 0) is 13.1 Å². The topological polar surface area (TPSA) is 84.0 Å². The Morgan fingerprint density at radius 2 is 1.76 bits per heavy atom. The van der Waals surface area contributed by atoms with Crippen LogP contribution in [0.2, 0.25) is 5.02 Å². The summed E-state index contributed by atoms with van der Waals surface area (Å²) in [5.74, 6) is 1.10. The molecule has 5 rings (SSSR count). The molecule has 0 fully saturated rings. The zero-order chi connectivity index (χ0) is 23.5. The number of nitrogens with one attached hydrogen (secondary N) is 2. The number of aromatic nitrogens is 1. The Morgan fingerprint density at radius 1 is 0.971 bits per heavy atom. The summed E-state index contributed by atoms with van der Waals surface area (Å²) in [6.07, 6.45) is 0. The van der Waals surface area contributed by atoms with E-state index >= 15 is 0 Å². The van der Waals surface area contributed by atoms with E-state index in [0.29, 0.717) is 23.8 Å². The third-order valence-electron chi connectivity index (χ3n) is 5.45. The highest BCUT2D eigenvalue weighted by Gasteiger charge is 2.17. The summed E-state index contributed by atoms with van der Waals surface area (Å²) in [5, 5.41) is 5.05. The van der Waals surface area contributed by atoms with Gasteiger partial charge in [0.05, 0.1) is 16.5 Å². The number of carbonyl (C=O) groups is 1. The maximum Gasteiger partial charge on any atom is 0.266 e. The SMILES string of the molecule is NC(=O)c1[nH]c2cc(CNCc3ccc(-c4ccccc4Cl)o3)ccc2c1Sc1ccccc1. The number of benzene rings is 3. The second-order valence-electron chi connectivity index (χ2n) is 7.84. The lowest BCUT2D eigenvalue weighted by Crippen LogP contribution is -2.12. The van der Waals surface area contributed by atoms with E-state index in [1.54, 1.807) is 0 Å². The first kappa shape index (κ1) is 22.3. The second kappa shape index (κ2) is 9.81. The van der Waals surface area contributed by atoms with Crippen LogP contribution in [0.25, 0.3) is 22.2 Å². The van der Waals surface area contributed by atoms with E-state index in [4.69, 9.17) is 21.8 Å². The van der Waals surface area contributed by atoms with Crippen LogP contribution in [0.5, 0.6) is 0 Å². The van der Waals surface area contributed by atoms with Gasteiger partial charge in [0.15, 0.2) is 0 Å². The number of nitrogens with two attached hydrogens (primary N) is 1. The van der Waals surface area contributed by atoms with E-state index in [9.17, 15) is 4.79 Å². The summed E-state index contributed by atoms with van der Waals surface area (Å²) in [6.45, 7) is 1.22. The zero-order valence-electron chi connectivity index (χ0n) is 18.2. The maximum atomic E-state index is 12.1. The molecule has 0 aliphatic rings. The summed E-state index contributed by atoms with van der Waals surface area (Å²) >= 11 is 7.80. The Hall–Kier alpha value is -3.45. The normalized spacial score (nSPS) is 11.2. The first-order valence-corrected chi connectivity index (χ1v) is 12.0. The van der Waals surface area contributed by atoms with Gasteiger partial charge >= 0.3 is 0 Å². The lowest BCUT2D eigenvalue weighted by molar-refractivity contribution is 0.0993. The fourth-order valence-corrected chi connectivity index (χ4v) is 5.12. The van der Waals surface area contributed by atoms with Gasteiger partial charge in [0.2, 0.25) is 0 Å². The minimum atomic E-state index is -0.471. The van der Waals surface area contributed by atoms with Gasteiger partial charge in [-0.25, -0.2) is 0 Å². The number of carbonyl (C=O) groups excluding carboxylic acids is 1. The van der Waals surface area contributed by atoms with Crippen molar-refractivity contribution in [3.8, 4) is 11.3 Å². The molecule has 170 valence electrons. The zero-order valence-corrected chi connectivity index (χ0v) is 19.7. The molecule has 0 atom stereocenters. The molecular formula is C27H22ClN3O2S. The predicted octanol–water partition coefficient (Wildman–Crippen LogP) is 6.62. The van der Waals surface area contributed by atoms with E-state index in [-0.39, 0.29) is 0 Å². The molecule has 0 radical (unpaired) electrons. The number of rotatable bonds is 8. The van der Waals surface area contributed by atoms with Crippen LogP contribution in [0.3, 0.4) is 0 Å². The van der Waals surface area contributed by atoms with E-state index in [1.807, 2.05) is 78.9 Å². The molecular weight excluding hydrogens is 466 g/mol. The van der Waals surface area contributed by atoms with E-state index in [2.05, 4.69) is 16.4 Å². The molecule has 5 aromatic rings. The first-order chi connectivity index (χ1) is 16.6. The van der Waals surface area contributed by atoms with Gasteiger partial charge < -0.3 is 20.5 Å². The fraction of sp³-hybridized carbons (Fsp3) is 0.0741. The molecule has 0 aliphatic carbocycles. The van der Waals surface area contributed by atoms with Crippen LogP contribution in [-0.4, -0.2) is 10.9 Å². The molecule has 2 heterocycles. The van der Waals surface area contributed by atoms with Crippen LogP contribution < -0.4 is 11.1 Å². The van der Waals surface area contributed by atoms with Crippen LogP contribution in [0.4, 0.5) is 0 Å². The second-order valence-corrected chi connectivity index (χ2v) is 9.33. The average Bonchev–Trinajstić information content (AvgIpc) is 3.45. The predicted molar refractivity (Wildman–Crippen MR) is 137 cm³/mol. The lowest BCUT2D eigenvalue weighted by Gasteiger charge is -2.05. The molecule has 0 bridgehead atoms. The number of hydrogen-bond acceptors (Lipinski definition) is 4. The highest BCUT2D eigenvalue weighted by atomic mass is 35.5. The molecule has 0 aliphatic heterocycles. The van der Waals surface area contributed by atoms with E-state index in [1.165, 1.54) is 11.8 Å². The molecule has 0 saturated heterocycles. The number of H-pyrrole nitrogens is 1.